The molecule has 4 nitrogen and oxygen atoms in total. The van der Waals surface area contributed by atoms with E-state index in [9.17, 15) is 4.79 Å². The molecule has 0 aromatic rings. The highest BCUT2D eigenvalue weighted by Crippen LogP contribution is 2.25. The van der Waals surface area contributed by atoms with Crippen LogP contribution in [0, 0.1) is 11.8 Å². The number of carbonyl (C=O) groups is 1. The number of fused-ring (bicyclic) bond motifs is 1. The standard InChI is InChI=1S/C12H22N2O2/c1-2-3-4-16-12(15)9-14-7-10-5-13-6-11(10)8-14/h10-11,13H,2-9H2,1H3/t10-,11+. The van der Waals surface area contributed by atoms with Gasteiger partial charge in [0.2, 0.25) is 0 Å². The molecular weight excluding hydrogens is 204 g/mol. The van der Waals surface area contributed by atoms with Crippen LogP contribution in [0.15, 0.2) is 0 Å². The maximum Gasteiger partial charge on any atom is 0.320 e. The van der Waals surface area contributed by atoms with Crippen molar-refractivity contribution in [1.82, 2.24) is 10.2 Å². The van der Waals surface area contributed by atoms with Crippen molar-refractivity contribution in [3.63, 3.8) is 0 Å². The summed E-state index contributed by atoms with van der Waals surface area (Å²) in [7, 11) is 0. The van der Waals surface area contributed by atoms with Gasteiger partial charge in [0, 0.05) is 13.1 Å². The zero-order chi connectivity index (χ0) is 11.4. The van der Waals surface area contributed by atoms with E-state index in [1.165, 1.54) is 0 Å². The van der Waals surface area contributed by atoms with Gasteiger partial charge >= 0.3 is 5.97 Å². The van der Waals surface area contributed by atoms with E-state index in [2.05, 4.69) is 17.1 Å². The lowest BCUT2D eigenvalue weighted by Gasteiger charge is -2.15. The van der Waals surface area contributed by atoms with Crippen LogP contribution in [0.25, 0.3) is 0 Å². The summed E-state index contributed by atoms with van der Waals surface area (Å²) in [5.74, 6) is 1.45. The van der Waals surface area contributed by atoms with E-state index < -0.39 is 0 Å². The Hall–Kier alpha value is -0.610. The Labute approximate surface area is 97.3 Å². The highest BCUT2D eigenvalue weighted by Gasteiger charge is 2.36. The summed E-state index contributed by atoms with van der Waals surface area (Å²) < 4.78 is 5.17. The van der Waals surface area contributed by atoms with Gasteiger partial charge in [-0.3, -0.25) is 9.69 Å². The summed E-state index contributed by atoms with van der Waals surface area (Å²) in [4.78, 5) is 13.8. The third kappa shape index (κ3) is 2.95. The first-order valence-electron chi connectivity index (χ1n) is 6.38. The number of ether oxygens (including phenoxy) is 1. The van der Waals surface area contributed by atoms with Gasteiger partial charge in [-0.1, -0.05) is 13.3 Å². The summed E-state index contributed by atoms with van der Waals surface area (Å²) in [5.41, 5.74) is 0. The Balaban J connectivity index is 1.65. The maximum absolute atomic E-state index is 11.5. The SMILES string of the molecule is CCCCOC(=O)CN1C[C@H]2CNC[C@H]2C1. The van der Waals surface area contributed by atoms with Crippen molar-refractivity contribution < 1.29 is 9.53 Å². The zero-order valence-corrected chi connectivity index (χ0v) is 10.1. The number of carbonyl (C=O) groups excluding carboxylic acids is 1. The summed E-state index contributed by atoms with van der Waals surface area (Å²) in [5, 5.41) is 3.40. The Morgan fingerprint density at radius 2 is 2.06 bits per heavy atom. The second-order valence-electron chi connectivity index (χ2n) is 4.95. The molecule has 2 saturated heterocycles. The predicted molar refractivity (Wildman–Crippen MR) is 62.2 cm³/mol. The molecule has 2 aliphatic rings. The van der Waals surface area contributed by atoms with E-state index in [1.807, 2.05) is 0 Å². The van der Waals surface area contributed by atoms with Gasteiger partial charge < -0.3 is 10.1 Å². The molecule has 0 bridgehead atoms. The van der Waals surface area contributed by atoms with Crippen LogP contribution in [0.2, 0.25) is 0 Å². The molecule has 0 spiro atoms. The minimum Gasteiger partial charge on any atom is -0.465 e. The lowest BCUT2D eigenvalue weighted by molar-refractivity contribution is -0.144. The fourth-order valence-electron chi connectivity index (χ4n) is 2.64. The van der Waals surface area contributed by atoms with Crippen LogP contribution >= 0.6 is 0 Å². The zero-order valence-electron chi connectivity index (χ0n) is 10.1. The van der Waals surface area contributed by atoms with Crippen molar-refractivity contribution in [3.05, 3.63) is 0 Å². The van der Waals surface area contributed by atoms with Crippen molar-refractivity contribution >= 4 is 5.97 Å². The molecule has 2 rings (SSSR count). The molecule has 0 aromatic heterocycles. The number of hydrogen-bond donors (Lipinski definition) is 1. The molecular formula is C12H22N2O2. The molecule has 2 heterocycles. The number of esters is 1. The topological polar surface area (TPSA) is 41.6 Å². The molecule has 0 radical (unpaired) electrons. The molecule has 2 atom stereocenters. The van der Waals surface area contributed by atoms with Gasteiger partial charge in [-0.05, 0) is 31.3 Å². The quantitative estimate of drug-likeness (QED) is 0.547. The molecule has 16 heavy (non-hydrogen) atoms. The highest BCUT2D eigenvalue weighted by atomic mass is 16.5. The number of nitrogens with zero attached hydrogens (tertiary/aromatic N) is 1. The van der Waals surface area contributed by atoms with E-state index in [0.29, 0.717) is 13.2 Å². The monoisotopic (exact) mass is 226 g/mol. The Bertz CT molecular complexity index is 233. The van der Waals surface area contributed by atoms with Crippen LogP contribution in [0.1, 0.15) is 19.8 Å². The van der Waals surface area contributed by atoms with Gasteiger partial charge in [-0.2, -0.15) is 0 Å². The first-order chi connectivity index (χ1) is 7.79. The van der Waals surface area contributed by atoms with Crippen molar-refractivity contribution in [2.75, 3.05) is 39.3 Å². The Kier molecular flexibility index (Phi) is 4.18. The van der Waals surface area contributed by atoms with Crippen LogP contribution in [0.3, 0.4) is 0 Å². The molecule has 2 aliphatic heterocycles. The normalized spacial score (nSPS) is 29.3. The molecule has 0 unspecified atom stereocenters. The third-order valence-electron chi connectivity index (χ3n) is 3.58. The van der Waals surface area contributed by atoms with Gasteiger partial charge in [0.1, 0.15) is 0 Å². The molecule has 1 N–H and O–H groups in total. The molecule has 0 saturated carbocycles. The third-order valence-corrected chi connectivity index (χ3v) is 3.58. The van der Waals surface area contributed by atoms with Gasteiger partial charge in [0.25, 0.3) is 0 Å². The molecule has 0 aliphatic carbocycles. The van der Waals surface area contributed by atoms with E-state index in [-0.39, 0.29) is 5.97 Å². The van der Waals surface area contributed by atoms with Crippen molar-refractivity contribution in [1.29, 1.82) is 0 Å². The molecule has 92 valence electrons. The lowest BCUT2D eigenvalue weighted by atomic mass is 10.0. The van der Waals surface area contributed by atoms with Crippen LogP contribution in [0.4, 0.5) is 0 Å². The molecule has 2 fully saturated rings. The molecule has 0 amide bonds. The number of rotatable bonds is 5. The summed E-state index contributed by atoms with van der Waals surface area (Å²) in [6, 6.07) is 0. The van der Waals surface area contributed by atoms with Crippen molar-refractivity contribution in [3.8, 4) is 0 Å². The predicted octanol–water partition coefficient (Wildman–Crippen LogP) is 0.481. The number of unbranched alkanes of at least 4 members (excludes halogenated alkanes) is 1. The average Bonchev–Trinajstić information content (AvgIpc) is 2.78. The molecule has 0 aromatic carbocycles. The second kappa shape index (κ2) is 5.64. The van der Waals surface area contributed by atoms with E-state index in [1.54, 1.807) is 0 Å². The summed E-state index contributed by atoms with van der Waals surface area (Å²) in [6.45, 7) is 7.51. The van der Waals surface area contributed by atoms with Crippen molar-refractivity contribution in [2.24, 2.45) is 11.8 Å². The van der Waals surface area contributed by atoms with Crippen LogP contribution < -0.4 is 5.32 Å². The fraction of sp³-hybridized carbons (Fsp3) is 0.917. The maximum atomic E-state index is 11.5. The van der Waals surface area contributed by atoms with Crippen molar-refractivity contribution in [2.45, 2.75) is 19.8 Å². The number of nitrogens with one attached hydrogen (secondary N) is 1. The van der Waals surface area contributed by atoms with E-state index >= 15 is 0 Å². The molecule has 4 heteroatoms. The Morgan fingerprint density at radius 3 is 2.69 bits per heavy atom. The minimum atomic E-state index is -0.0543. The number of hydrogen-bond acceptors (Lipinski definition) is 4. The summed E-state index contributed by atoms with van der Waals surface area (Å²) in [6.07, 6.45) is 2.05. The van der Waals surface area contributed by atoms with Crippen LogP contribution in [0.5, 0.6) is 0 Å². The van der Waals surface area contributed by atoms with Gasteiger partial charge in [0.15, 0.2) is 0 Å². The smallest absolute Gasteiger partial charge is 0.320 e. The van der Waals surface area contributed by atoms with Crippen LogP contribution in [-0.4, -0.2) is 50.2 Å². The summed E-state index contributed by atoms with van der Waals surface area (Å²) >= 11 is 0. The first kappa shape index (κ1) is 11.9. The highest BCUT2D eigenvalue weighted by molar-refractivity contribution is 5.71. The van der Waals surface area contributed by atoms with Gasteiger partial charge in [-0.25, -0.2) is 0 Å². The minimum absolute atomic E-state index is 0.0543. The Morgan fingerprint density at radius 1 is 1.38 bits per heavy atom. The largest absolute Gasteiger partial charge is 0.465 e. The average molecular weight is 226 g/mol. The van der Waals surface area contributed by atoms with Gasteiger partial charge in [-0.15, -0.1) is 0 Å². The first-order valence-corrected chi connectivity index (χ1v) is 6.38. The van der Waals surface area contributed by atoms with Gasteiger partial charge in [0.05, 0.1) is 13.2 Å². The second-order valence-corrected chi connectivity index (χ2v) is 4.95. The van der Waals surface area contributed by atoms with E-state index in [0.717, 1.165) is 50.9 Å². The lowest BCUT2D eigenvalue weighted by Crippen LogP contribution is -2.31. The number of likely N-dealkylation sites (tertiary alicyclic amines) is 1. The van der Waals surface area contributed by atoms with E-state index in [4.69, 9.17) is 4.74 Å². The fourth-order valence-corrected chi connectivity index (χ4v) is 2.64. The van der Waals surface area contributed by atoms with Crippen LogP contribution in [-0.2, 0) is 9.53 Å².